The highest BCUT2D eigenvalue weighted by molar-refractivity contribution is 5.80. The minimum absolute atomic E-state index is 0.0471. The molecule has 0 bridgehead atoms. The summed E-state index contributed by atoms with van der Waals surface area (Å²) in [5.74, 6) is 0. The molecule has 48 heavy (non-hydrogen) atoms. The summed E-state index contributed by atoms with van der Waals surface area (Å²) in [7, 11) is 0. The Morgan fingerprint density at radius 2 is 0.562 bits per heavy atom. The van der Waals surface area contributed by atoms with Crippen molar-refractivity contribution in [3.63, 3.8) is 0 Å². The minimum atomic E-state index is -0.745. The molecule has 0 aliphatic carbocycles. The van der Waals surface area contributed by atoms with Crippen LogP contribution in [0.2, 0.25) is 0 Å². The van der Waals surface area contributed by atoms with E-state index in [0.29, 0.717) is 5.56 Å². The summed E-state index contributed by atoms with van der Waals surface area (Å²) < 4.78 is 112. The number of rotatable bonds is 7. The summed E-state index contributed by atoms with van der Waals surface area (Å²) in [6.45, 7) is 0. The topological polar surface area (TPSA) is 0 Å². The fourth-order valence-corrected chi connectivity index (χ4v) is 5.65. The number of hydrogen-bond donors (Lipinski definition) is 0. The molecule has 0 saturated carbocycles. The SMILES string of the molecule is [2H]c1c([2H])c([2H])c(-c2c([2H])c([2H])c(-c3c([2H])c([2H])c([2H])c(-c4cccc(-c5ccc(-c6cccc(-c7cccc(-c8ccccc8)c7)c6)cc5)c4)c3[2H])c([2H])c2[2H])c([2H])c1[2H]. The van der Waals surface area contributed by atoms with E-state index in [1.165, 1.54) is 0 Å². The van der Waals surface area contributed by atoms with Crippen LogP contribution in [0.1, 0.15) is 17.8 Å². The summed E-state index contributed by atoms with van der Waals surface area (Å²) in [6, 6.07) is 33.4. The first-order valence-electron chi connectivity index (χ1n) is 21.9. The Bertz CT molecular complexity index is 2990. The Morgan fingerprint density at radius 1 is 0.229 bits per heavy atom. The molecule has 0 heterocycles. The predicted molar refractivity (Wildman–Crippen MR) is 204 cm³/mol. The van der Waals surface area contributed by atoms with Crippen molar-refractivity contribution in [3.05, 3.63) is 206 Å². The molecule has 0 aromatic heterocycles. The van der Waals surface area contributed by atoms with Gasteiger partial charge in [-0.15, -0.1) is 0 Å². The summed E-state index contributed by atoms with van der Waals surface area (Å²) in [5, 5.41) is 0. The van der Waals surface area contributed by atoms with E-state index < -0.39 is 101 Å². The van der Waals surface area contributed by atoms with E-state index in [4.69, 9.17) is 16.4 Å². The summed E-state index contributed by atoms with van der Waals surface area (Å²) in [5.41, 5.74) is 6.45. The van der Waals surface area contributed by atoms with Crippen LogP contribution in [0, 0.1) is 0 Å². The quantitative estimate of drug-likeness (QED) is 0.166. The standard InChI is InChI=1S/C48H34/c1-3-11-35(12-4-1)37-23-25-38(26-24-37)42-16-8-21-47(32-42)48-22-10-18-44(34-48)40-29-27-39(28-30-40)43-17-9-20-46(33-43)45-19-7-15-41(31-45)36-13-5-2-6-14-36/h1-34H/i1D,3D,4D,8D,11D,12D,16D,21D,23D,24D,25D,26D,32D. The number of benzene rings is 8. The van der Waals surface area contributed by atoms with Crippen LogP contribution >= 0.6 is 0 Å². The van der Waals surface area contributed by atoms with Gasteiger partial charge in [0, 0.05) is 0 Å². The van der Waals surface area contributed by atoms with Crippen LogP contribution in [-0.4, -0.2) is 0 Å². The zero-order valence-corrected chi connectivity index (χ0v) is 25.6. The Hall–Kier alpha value is -6.24. The Labute approximate surface area is 301 Å². The van der Waals surface area contributed by atoms with Gasteiger partial charge in [0.25, 0.3) is 0 Å². The molecule has 8 aromatic carbocycles. The van der Waals surface area contributed by atoms with Gasteiger partial charge in [-0.3, -0.25) is 0 Å². The van der Waals surface area contributed by atoms with Crippen molar-refractivity contribution in [2.45, 2.75) is 0 Å². The smallest absolute Gasteiger partial charge is 0.0622 e. The van der Waals surface area contributed by atoms with Crippen LogP contribution in [0.3, 0.4) is 0 Å². The van der Waals surface area contributed by atoms with Gasteiger partial charge in [0.15, 0.2) is 0 Å². The molecular weight excluding hydrogens is 577 g/mol. The average Bonchev–Trinajstić information content (AvgIpc) is 3.29. The molecule has 8 aromatic rings. The third kappa shape index (κ3) is 6.25. The maximum absolute atomic E-state index is 9.29. The monoisotopic (exact) mass is 623 g/mol. The van der Waals surface area contributed by atoms with Gasteiger partial charge in [0.2, 0.25) is 0 Å². The van der Waals surface area contributed by atoms with Crippen LogP contribution in [0.15, 0.2) is 206 Å². The van der Waals surface area contributed by atoms with Gasteiger partial charge < -0.3 is 0 Å². The van der Waals surface area contributed by atoms with Crippen LogP contribution in [0.25, 0.3) is 77.9 Å². The second-order valence-corrected chi connectivity index (χ2v) is 11.2. The van der Waals surface area contributed by atoms with E-state index in [0.717, 1.165) is 44.5 Å². The molecule has 0 spiro atoms. The fraction of sp³-hybridized carbons (Fsp3) is 0. The van der Waals surface area contributed by atoms with Gasteiger partial charge >= 0.3 is 0 Å². The molecule has 0 radical (unpaired) electrons. The van der Waals surface area contributed by atoms with Gasteiger partial charge in [-0.2, -0.15) is 0 Å². The highest BCUT2D eigenvalue weighted by Gasteiger charge is 2.08. The van der Waals surface area contributed by atoms with Crippen LogP contribution in [0.4, 0.5) is 0 Å². The van der Waals surface area contributed by atoms with Crippen molar-refractivity contribution in [3.8, 4) is 77.9 Å². The average molecular weight is 624 g/mol. The van der Waals surface area contributed by atoms with E-state index in [-0.39, 0.29) is 5.56 Å². The van der Waals surface area contributed by atoms with Gasteiger partial charge in [-0.25, -0.2) is 0 Å². The van der Waals surface area contributed by atoms with E-state index in [1.807, 2.05) is 54.6 Å². The van der Waals surface area contributed by atoms with Crippen LogP contribution in [0.5, 0.6) is 0 Å². The Kier molecular flexibility index (Phi) is 5.02. The van der Waals surface area contributed by atoms with Crippen LogP contribution in [-0.2, 0) is 0 Å². The van der Waals surface area contributed by atoms with Crippen molar-refractivity contribution < 1.29 is 17.8 Å². The molecule has 8 rings (SSSR count). The summed E-state index contributed by atoms with van der Waals surface area (Å²) >= 11 is 0. The summed E-state index contributed by atoms with van der Waals surface area (Å²) in [4.78, 5) is 0. The van der Waals surface area contributed by atoms with E-state index in [2.05, 4.69) is 54.6 Å². The zero-order valence-electron chi connectivity index (χ0n) is 38.6. The van der Waals surface area contributed by atoms with E-state index in [1.54, 1.807) is 18.2 Å². The molecule has 0 saturated heterocycles. The second kappa shape index (κ2) is 13.2. The van der Waals surface area contributed by atoms with Gasteiger partial charge in [0.05, 0.1) is 17.8 Å². The van der Waals surface area contributed by atoms with Crippen molar-refractivity contribution >= 4 is 0 Å². The van der Waals surface area contributed by atoms with Gasteiger partial charge in [-0.1, -0.05) is 182 Å². The highest BCUT2D eigenvalue weighted by Crippen LogP contribution is 2.33. The maximum atomic E-state index is 9.29. The molecule has 0 aliphatic heterocycles. The molecule has 0 fully saturated rings. The molecular formula is C48H34. The Morgan fingerprint density at radius 3 is 1.06 bits per heavy atom. The Balaban J connectivity index is 1.16. The molecule has 0 amide bonds. The maximum Gasteiger partial charge on any atom is 0.0636 e. The van der Waals surface area contributed by atoms with Crippen molar-refractivity contribution in [2.75, 3.05) is 0 Å². The molecule has 0 atom stereocenters. The third-order valence-corrected chi connectivity index (χ3v) is 8.12. The lowest BCUT2D eigenvalue weighted by Gasteiger charge is -2.11. The molecule has 0 aliphatic rings. The van der Waals surface area contributed by atoms with E-state index >= 15 is 0 Å². The molecule has 0 nitrogen and oxygen atoms in total. The first kappa shape index (κ1) is 18.2. The molecule has 0 N–H and O–H groups in total. The van der Waals surface area contributed by atoms with Crippen molar-refractivity contribution in [1.82, 2.24) is 0 Å². The lowest BCUT2D eigenvalue weighted by atomic mass is 9.94. The van der Waals surface area contributed by atoms with Gasteiger partial charge in [0.1, 0.15) is 0 Å². The third-order valence-electron chi connectivity index (χ3n) is 8.12. The lowest BCUT2D eigenvalue weighted by molar-refractivity contribution is 1.55. The predicted octanol–water partition coefficient (Wildman–Crippen LogP) is 13.4. The normalized spacial score (nSPS) is 14.7. The highest BCUT2D eigenvalue weighted by atomic mass is 14.1. The largest absolute Gasteiger partial charge is 0.0636 e. The molecule has 226 valence electrons. The van der Waals surface area contributed by atoms with Crippen LogP contribution < -0.4 is 0 Å². The molecule has 0 heteroatoms. The number of hydrogen-bond acceptors (Lipinski definition) is 0. The van der Waals surface area contributed by atoms with Crippen molar-refractivity contribution in [1.29, 1.82) is 0 Å². The van der Waals surface area contributed by atoms with Gasteiger partial charge in [-0.05, 0) is 102 Å². The van der Waals surface area contributed by atoms with E-state index in [9.17, 15) is 1.37 Å². The first-order valence-corrected chi connectivity index (χ1v) is 15.4. The first-order chi connectivity index (χ1) is 29.2. The minimum Gasteiger partial charge on any atom is -0.0622 e. The zero-order chi connectivity index (χ0) is 43.4. The lowest BCUT2D eigenvalue weighted by Crippen LogP contribution is -1.85. The van der Waals surface area contributed by atoms with Crippen molar-refractivity contribution in [2.24, 2.45) is 0 Å². The molecule has 0 unspecified atom stereocenters. The fourth-order valence-electron chi connectivity index (χ4n) is 5.65. The summed E-state index contributed by atoms with van der Waals surface area (Å²) in [6.07, 6.45) is 0. The second-order valence-electron chi connectivity index (χ2n) is 11.2.